The molecule has 0 radical (unpaired) electrons. The third-order valence-corrected chi connectivity index (χ3v) is 16.7. The summed E-state index contributed by atoms with van der Waals surface area (Å²) in [6, 6.07) is -15.2. The monoisotopic (exact) mass is 1650 g/mol. The minimum Gasteiger partial charge on any atom is -0.370 e. The molecule has 0 aliphatic carbocycles. The third-order valence-electron chi connectivity index (χ3n) is 16.4. The topological polar surface area (TPSA) is 920 Å². The second-order valence-corrected chi connectivity index (χ2v) is 26.8. The van der Waals surface area contributed by atoms with Crippen molar-refractivity contribution in [3.63, 3.8) is 0 Å². The van der Waals surface area contributed by atoms with Gasteiger partial charge in [-0.2, -0.15) is 12.6 Å². The maximum atomic E-state index is 15.0. The molecule has 0 aromatic rings. The Labute approximate surface area is 671 Å². The fraction of sp³-hybridized carbons (Fsp3) is 0.667. The lowest BCUT2D eigenvalue weighted by Crippen LogP contribution is -2.61. The van der Waals surface area contributed by atoms with Crippen LogP contribution >= 0.6 is 12.6 Å². The van der Waals surface area contributed by atoms with E-state index < -0.39 is 191 Å². The maximum Gasteiger partial charge on any atom is 0.243 e. The van der Waals surface area contributed by atoms with Crippen LogP contribution in [0.2, 0.25) is 0 Å². The van der Waals surface area contributed by atoms with Crippen LogP contribution in [0.15, 0.2) is 0 Å². The lowest BCUT2D eigenvalue weighted by molar-refractivity contribution is -0.136. The van der Waals surface area contributed by atoms with Crippen LogP contribution in [-0.2, 0) is 57.5 Å². The highest BCUT2D eigenvalue weighted by Crippen LogP contribution is 2.12. The summed E-state index contributed by atoms with van der Waals surface area (Å²) in [5.41, 5.74) is 55.2. The highest BCUT2D eigenvalue weighted by molar-refractivity contribution is 7.80. The summed E-state index contributed by atoms with van der Waals surface area (Å²) in [6.07, 6.45) is -1.64. The van der Waals surface area contributed by atoms with Gasteiger partial charge in [0, 0.05) is 70.6 Å². The quantitative estimate of drug-likeness (QED) is 0.0116. The van der Waals surface area contributed by atoms with Crippen molar-refractivity contribution in [1.82, 2.24) is 106 Å². The van der Waals surface area contributed by atoms with Crippen molar-refractivity contribution in [2.45, 2.75) is 190 Å². The number of thiol groups is 1. The third kappa shape index (κ3) is 50.1. The summed E-state index contributed by atoms with van der Waals surface area (Å²) in [7, 11) is 0. The number of amides is 12. The van der Waals surface area contributed by atoms with E-state index in [1.807, 2.05) is 0 Å². The van der Waals surface area contributed by atoms with Crippen molar-refractivity contribution in [1.29, 1.82) is 48.7 Å². The molecule has 0 saturated carbocycles. The molecule has 52 heteroatoms. The van der Waals surface area contributed by atoms with E-state index in [0.717, 1.165) is 0 Å². The number of guanidine groups is 9. The van der Waals surface area contributed by atoms with Crippen molar-refractivity contribution in [2.75, 3.05) is 71.2 Å². The fourth-order valence-corrected chi connectivity index (χ4v) is 10.7. The Morgan fingerprint density at radius 3 is 0.513 bits per heavy atom. The minimum absolute atomic E-state index is 0.00289. The van der Waals surface area contributed by atoms with Crippen LogP contribution in [0, 0.1) is 54.6 Å². The average Bonchev–Trinajstić information content (AvgIpc) is 0.864. The Morgan fingerprint density at radius 2 is 0.383 bits per heavy atom. The second kappa shape index (κ2) is 58.3. The zero-order chi connectivity index (χ0) is 87.1. The van der Waals surface area contributed by atoms with Crippen molar-refractivity contribution in [3.8, 4) is 0 Å². The van der Waals surface area contributed by atoms with E-state index in [9.17, 15) is 57.5 Å². The predicted octanol–water partition coefficient (Wildman–Crippen LogP) is -12.6. The smallest absolute Gasteiger partial charge is 0.243 e. The number of nitrogens with one attached hydrogen (secondary N) is 29. The molecular weight excluding hydrogens is 1530 g/mol. The number of rotatable bonds is 60. The first-order valence-electron chi connectivity index (χ1n) is 37.1. The summed E-state index contributed by atoms with van der Waals surface area (Å²) in [4.78, 5) is 169. The SMILES string of the molecule is CC(C)C(=O)NCC(=O)N[C@H](CCCNC(=N)N)C(=O)N[C@H](CCCNC(=N)N)C(=O)N[C@H](CCCNC(=N)N)C(=O)N[C@H](CCCNC(=N)N)C(=O)N[C@H](CCCNC(=N)N)C(=O)N[C@H](CCCNC(=N)N)C(=O)N[C@H](CCCNC(=N)N)C(=O)N[C@H](CCCNC(=N)N)C(=O)N[C@H](CCCNC(=N)N)C(=O)N[C@H](CS)C(N)=O. The normalized spacial score (nSPS) is 13.3. The van der Waals surface area contributed by atoms with Gasteiger partial charge in [0.25, 0.3) is 0 Å². The molecule has 115 heavy (non-hydrogen) atoms. The molecule has 0 fully saturated rings. The Morgan fingerprint density at radius 1 is 0.235 bits per heavy atom. The highest BCUT2D eigenvalue weighted by Gasteiger charge is 2.36. The molecule has 0 aliphatic rings. The van der Waals surface area contributed by atoms with E-state index in [1.165, 1.54) is 0 Å². The van der Waals surface area contributed by atoms with Crippen LogP contribution < -0.4 is 164 Å². The number of carbonyl (C=O) groups is 12. The van der Waals surface area contributed by atoms with Gasteiger partial charge in [-0.05, 0) is 116 Å². The number of hydrogen-bond donors (Lipinski definition) is 40. The van der Waals surface area contributed by atoms with E-state index in [0.29, 0.717) is 0 Å². The highest BCUT2D eigenvalue weighted by atomic mass is 32.1. The summed E-state index contributed by atoms with van der Waals surface area (Å²) < 4.78 is 0. The van der Waals surface area contributed by atoms with Gasteiger partial charge in [-0.3, -0.25) is 106 Å². The van der Waals surface area contributed by atoms with Crippen LogP contribution in [0.25, 0.3) is 0 Å². The Hall–Kier alpha value is -12.6. The second-order valence-electron chi connectivity index (χ2n) is 26.5. The number of nitrogens with two attached hydrogens (primary N) is 10. The standard InChI is InChI=1S/C63H125N39O12S/c1-32(2)45(105)92-30-43(103)93-33(12-3-21-83-55(65)66)46(106)94-34(13-4-22-84-56(67)68)47(107)95-35(14-5-23-85-57(69)70)48(108)96-36(15-6-24-86-58(71)72)49(109)97-37(16-7-25-87-59(73)74)50(110)98-38(17-8-26-88-60(75)76)51(111)99-39(18-9-27-89-61(77)78)52(112)100-40(19-10-28-90-62(79)80)53(113)101-41(20-11-29-91-63(81)82)54(114)102-42(31-115)44(64)104/h32-42,115H,3-31H2,1-2H3,(H2,64,104)(H,92,105)(H,93,103)(H,94,106)(H,95,107)(H,96,108)(H,97,109)(H,98,110)(H,99,111)(H,100,112)(H,101,113)(H,102,114)(H4,65,66,83)(H4,67,68,84)(H4,69,70,85)(H4,71,72,86)(H4,73,74,87)(H4,75,76,88)(H4,77,78,89)(H4,79,80,90)(H4,81,82,91)/t33-,34-,35-,36-,37-,38-,39-,40-,41-,42-/m1/s1. The van der Waals surface area contributed by atoms with E-state index >= 15 is 0 Å². The van der Waals surface area contributed by atoms with Gasteiger partial charge in [0.1, 0.15) is 60.4 Å². The van der Waals surface area contributed by atoms with Gasteiger partial charge < -0.3 is 164 Å². The Balaban J connectivity index is 8.05. The van der Waals surface area contributed by atoms with Gasteiger partial charge in [0.2, 0.25) is 70.9 Å². The molecule has 650 valence electrons. The summed E-state index contributed by atoms with van der Waals surface area (Å²) in [6.45, 7) is 2.55. The molecule has 0 rings (SSSR count). The Bertz CT molecular complexity index is 3280. The van der Waals surface area contributed by atoms with Gasteiger partial charge in [0.15, 0.2) is 53.6 Å². The molecule has 51 nitrogen and oxygen atoms in total. The van der Waals surface area contributed by atoms with Crippen LogP contribution in [0.3, 0.4) is 0 Å². The molecule has 0 heterocycles. The van der Waals surface area contributed by atoms with Gasteiger partial charge in [-0.1, -0.05) is 13.8 Å². The first-order valence-corrected chi connectivity index (χ1v) is 37.7. The summed E-state index contributed by atoms with van der Waals surface area (Å²) in [5.74, 6) is -15.7. The Kier molecular flexibility index (Phi) is 51.9. The predicted molar refractivity (Wildman–Crippen MR) is 433 cm³/mol. The van der Waals surface area contributed by atoms with Crippen LogP contribution in [0.4, 0.5) is 0 Å². The van der Waals surface area contributed by atoms with Gasteiger partial charge in [-0.15, -0.1) is 0 Å². The van der Waals surface area contributed by atoms with Crippen LogP contribution in [0.1, 0.15) is 129 Å². The molecule has 0 unspecified atom stereocenters. The molecule has 0 aromatic heterocycles. The lowest BCUT2D eigenvalue weighted by atomic mass is 10.0. The zero-order valence-corrected chi connectivity index (χ0v) is 65.9. The molecule has 0 aliphatic heterocycles. The molecule has 0 aromatic carbocycles. The first kappa shape index (κ1) is 102. The van der Waals surface area contributed by atoms with Crippen molar-refractivity contribution >= 4 is 137 Å². The average molecular weight is 1650 g/mol. The number of carbonyl (C=O) groups excluding carboxylic acids is 12. The van der Waals surface area contributed by atoms with Crippen molar-refractivity contribution < 1.29 is 57.5 Å². The lowest BCUT2D eigenvalue weighted by Gasteiger charge is -2.29. The molecule has 12 amide bonds. The summed E-state index contributed by atoms with van der Waals surface area (Å²) in [5, 5.41) is 121. The van der Waals surface area contributed by atoms with Crippen molar-refractivity contribution in [2.24, 2.45) is 63.3 Å². The van der Waals surface area contributed by atoms with Gasteiger partial charge >= 0.3 is 0 Å². The first-order chi connectivity index (χ1) is 54.2. The summed E-state index contributed by atoms with van der Waals surface area (Å²) >= 11 is 4.08. The van der Waals surface area contributed by atoms with E-state index in [-0.39, 0.29) is 186 Å². The fourth-order valence-electron chi connectivity index (χ4n) is 10.5. The van der Waals surface area contributed by atoms with E-state index in [1.54, 1.807) is 13.8 Å². The van der Waals surface area contributed by atoms with Gasteiger partial charge in [-0.25, -0.2) is 0 Å². The zero-order valence-electron chi connectivity index (χ0n) is 65.0. The molecule has 0 bridgehead atoms. The number of hydrogen-bond acceptors (Lipinski definition) is 22. The van der Waals surface area contributed by atoms with Crippen LogP contribution in [-0.4, -0.2) is 256 Å². The van der Waals surface area contributed by atoms with E-state index in [4.69, 9.17) is 106 Å². The van der Waals surface area contributed by atoms with Crippen LogP contribution in [0.5, 0.6) is 0 Å². The largest absolute Gasteiger partial charge is 0.370 e. The molecule has 0 saturated heterocycles. The number of primary amides is 1. The maximum absolute atomic E-state index is 15.0. The van der Waals surface area contributed by atoms with Crippen molar-refractivity contribution in [3.05, 3.63) is 0 Å². The van der Waals surface area contributed by atoms with E-state index in [2.05, 4.69) is 119 Å². The molecule has 10 atom stereocenters. The minimum atomic E-state index is -1.64. The molecule has 49 N–H and O–H groups in total. The van der Waals surface area contributed by atoms with Gasteiger partial charge in [0.05, 0.1) is 6.54 Å². The molecule has 0 spiro atoms. The molecular formula is C63H125N39O12S.